The zero-order chi connectivity index (χ0) is 18.8. The molecule has 0 bridgehead atoms. The number of urea groups is 1. The van der Waals surface area contributed by atoms with Crippen molar-refractivity contribution in [2.24, 2.45) is 0 Å². The van der Waals surface area contributed by atoms with E-state index in [-0.39, 0.29) is 5.82 Å². The summed E-state index contributed by atoms with van der Waals surface area (Å²) in [5.41, 5.74) is 0.303. The number of carbonyl (C=O) groups is 1. The second kappa shape index (κ2) is 6.81. The number of amides is 2. The summed E-state index contributed by atoms with van der Waals surface area (Å²) in [6.45, 7) is 0.357. The highest BCUT2D eigenvalue weighted by molar-refractivity contribution is 5.88. The molecule has 0 radical (unpaired) electrons. The maximum absolute atomic E-state index is 12.3. The number of imidazole rings is 1. The summed E-state index contributed by atoms with van der Waals surface area (Å²) in [6.07, 6.45) is 0.798. The molecule has 1 fully saturated rings. The molecule has 26 heavy (non-hydrogen) atoms. The first-order chi connectivity index (χ1) is 12.3. The molecule has 0 aromatic carbocycles. The third kappa shape index (κ3) is 4.21. The molecule has 2 aromatic heterocycles. The van der Waals surface area contributed by atoms with Crippen molar-refractivity contribution in [3.63, 3.8) is 0 Å². The molecule has 8 nitrogen and oxygen atoms in total. The van der Waals surface area contributed by atoms with Gasteiger partial charge in [-0.3, -0.25) is 5.32 Å². The van der Waals surface area contributed by atoms with Gasteiger partial charge in [0.2, 0.25) is 0 Å². The molecule has 1 aliphatic carbocycles. The number of carbonyl (C=O) groups excluding carboxylic acids is 1. The minimum atomic E-state index is -4.50. The Bertz CT molecular complexity index is 788. The van der Waals surface area contributed by atoms with E-state index >= 15 is 0 Å². The molecule has 3 N–H and O–H groups in total. The van der Waals surface area contributed by atoms with Gasteiger partial charge in [0.05, 0.1) is 5.54 Å². The summed E-state index contributed by atoms with van der Waals surface area (Å²) >= 11 is 0. The van der Waals surface area contributed by atoms with Gasteiger partial charge in [-0.2, -0.15) is 18.2 Å². The number of anilines is 1. The van der Waals surface area contributed by atoms with Crippen LogP contribution in [-0.4, -0.2) is 38.8 Å². The van der Waals surface area contributed by atoms with Crippen molar-refractivity contribution < 1.29 is 22.7 Å². The highest BCUT2D eigenvalue weighted by atomic mass is 19.4. The molecule has 0 aliphatic heterocycles. The zero-order valence-corrected chi connectivity index (χ0v) is 13.9. The Kier molecular flexibility index (Phi) is 4.70. The molecule has 3 rings (SSSR count). The van der Waals surface area contributed by atoms with Gasteiger partial charge in [-0.05, 0) is 32.3 Å². The van der Waals surface area contributed by atoms with Crippen molar-refractivity contribution >= 4 is 11.8 Å². The number of rotatable bonds is 5. The molecule has 0 saturated heterocycles. The fourth-order valence-corrected chi connectivity index (χ4v) is 2.60. The minimum absolute atomic E-state index is 0.0276. The summed E-state index contributed by atoms with van der Waals surface area (Å²) in [5, 5.41) is 5.33. The number of nitrogens with zero attached hydrogens (tertiary/aromatic N) is 3. The van der Waals surface area contributed by atoms with Crippen LogP contribution in [0, 0.1) is 6.92 Å². The molecule has 2 heterocycles. The number of aromatic nitrogens is 4. The minimum Gasteiger partial charge on any atom is -0.454 e. The average molecular weight is 370 g/mol. The van der Waals surface area contributed by atoms with Crippen molar-refractivity contribution in [2.75, 3.05) is 11.9 Å². The molecule has 1 saturated carbocycles. The van der Waals surface area contributed by atoms with Gasteiger partial charge >= 0.3 is 18.2 Å². The SMILES string of the molecule is Cc1cnc(C2(NC(=O)Nc3ccnc(OCC(F)(F)F)n3)CCC2)[nH]1. The van der Waals surface area contributed by atoms with Gasteiger partial charge in [-0.25, -0.2) is 14.8 Å². The number of aryl methyl sites for hydroxylation is 1. The molecule has 0 atom stereocenters. The number of hydrogen-bond donors (Lipinski definition) is 3. The quantitative estimate of drug-likeness (QED) is 0.751. The van der Waals surface area contributed by atoms with Crippen LogP contribution in [0.5, 0.6) is 6.01 Å². The van der Waals surface area contributed by atoms with E-state index in [9.17, 15) is 18.0 Å². The number of halogens is 3. The largest absolute Gasteiger partial charge is 0.454 e. The van der Waals surface area contributed by atoms with E-state index in [2.05, 4.69) is 35.3 Å². The summed E-state index contributed by atoms with van der Waals surface area (Å²) in [7, 11) is 0. The van der Waals surface area contributed by atoms with E-state index in [4.69, 9.17) is 0 Å². The molecule has 2 aromatic rings. The molecule has 140 valence electrons. The van der Waals surface area contributed by atoms with E-state index in [0.29, 0.717) is 5.82 Å². The Morgan fingerprint density at radius 3 is 2.73 bits per heavy atom. The van der Waals surface area contributed by atoms with Crippen LogP contribution < -0.4 is 15.4 Å². The van der Waals surface area contributed by atoms with Crippen molar-refractivity contribution in [3.05, 3.63) is 30.0 Å². The highest BCUT2D eigenvalue weighted by Crippen LogP contribution is 2.39. The molecular formula is C15H17F3N6O2. The van der Waals surface area contributed by atoms with Gasteiger partial charge in [-0.15, -0.1) is 0 Å². The molecular weight excluding hydrogens is 353 g/mol. The number of hydrogen-bond acceptors (Lipinski definition) is 5. The standard InChI is InChI=1S/C15H17F3N6O2/c1-9-7-20-11(21-9)14(4-2-5-14)24-12(25)22-10-3-6-19-13(23-10)26-8-15(16,17)18/h3,6-7H,2,4-5,8H2,1H3,(H,20,21)(H2,19,22,23,24,25). The van der Waals surface area contributed by atoms with Gasteiger partial charge < -0.3 is 15.0 Å². The van der Waals surface area contributed by atoms with Crippen LogP contribution in [0.1, 0.15) is 30.8 Å². The van der Waals surface area contributed by atoms with Crippen molar-refractivity contribution in [1.82, 2.24) is 25.3 Å². The summed E-state index contributed by atoms with van der Waals surface area (Å²) < 4.78 is 41.0. The Balaban J connectivity index is 1.63. The summed E-state index contributed by atoms with van der Waals surface area (Å²) in [4.78, 5) is 27.0. The fraction of sp³-hybridized carbons (Fsp3) is 0.467. The van der Waals surface area contributed by atoms with Crippen molar-refractivity contribution in [2.45, 2.75) is 37.9 Å². The number of alkyl halides is 3. The first kappa shape index (κ1) is 18.0. The van der Waals surface area contributed by atoms with Gasteiger partial charge in [0.15, 0.2) is 6.61 Å². The van der Waals surface area contributed by atoms with E-state index in [1.54, 1.807) is 6.20 Å². The first-order valence-corrected chi connectivity index (χ1v) is 7.90. The number of nitrogens with one attached hydrogen (secondary N) is 3. The van der Waals surface area contributed by atoms with Crippen LogP contribution in [-0.2, 0) is 5.54 Å². The maximum Gasteiger partial charge on any atom is 0.422 e. The van der Waals surface area contributed by atoms with Crippen LogP contribution in [0.3, 0.4) is 0 Å². The lowest BCUT2D eigenvalue weighted by Gasteiger charge is -2.40. The first-order valence-electron chi connectivity index (χ1n) is 7.90. The lowest BCUT2D eigenvalue weighted by molar-refractivity contribution is -0.154. The molecule has 11 heteroatoms. The molecule has 0 unspecified atom stereocenters. The summed E-state index contributed by atoms with van der Waals surface area (Å²) in [6, 6.07) is 0.337. The number of ether oxygens (including phenoxy) is 1. The third-order valence-corrected chi connectivity index (χ3v) is 3.96. The van der Waals surface area contributed by atoms with E-state index in [1.807, 2.05) is 6.92 Å². The fourth-order valence-electron chi connectivity index (χ4n) is 2.60. The van der Waals surface area contributed by atoms with Crippen molar-refractivity contribution in [1.29, 1.82) is 0 Å². The highest BCUT2D eigenvalue weighted by Gasteiger charge is 2.42. The maximum atomic E-state index is 12.3. The predicted octanol–water partition coefficient (Wildman–Crippen LogP) is 2.65. The van der Waals surface area contributed by atoms with E-state index in [1.165, 1.54) is 12.3 Å². The topological polar surface area (TPSA) is 105 Å². The Morgan fingerprint density at radius 1 is 1.38 bits per heavy atom. The molecule has 0 spiro atoms. The van der Waals surface area contributed by atoms with Crippen LogP contribution in [0.15, 0.2) is 18.5 Å². The Labute approximate surface area is 146 Å². The van der Waals surface area contributed by atoms with Crippen molar-refractivity contribution in [3.8, 4) is 6.01 Å². The van der Waals surface area contributed by atoms with Crippen LogP contribution in [0.2, 0.25) is 0 Å². The third-order valence-electron chi connectivity index (χ3n) is 3.96. The normalized spacial score (nSPS) is 15.8. The predicted molar refractivity (Wildman–Crippen MR) is 84.6 cm³/mol. The monoisotopic (exact) mass is 370 g/mol. The van der Waals surface area contributed by atoms with E-state index < -0.39 is 30.4 Å². The Hall–Kier alpha value is -2.85. The number of aromatic amines is 1. The lowest BCUT2D eigenvalue weighted by Crippen LogP contribution is -2.52. The average Bonchev–Trinajstić information content (AvgIpc) is 2.95. The van der Waals surface area contributed by atoms with Gasteiger partial charge in [0.1, 0.15) is 11.6 Å². The van der Waals surface area contributed by atoms with Gasteiger partial charge in [0.25, 0.3) is 0 Å². The van der Waals surface area contributed by atoms with Crippen LogP contribution in [0.4, 0.5) is 23.8 Å². The molecule has 2 amide bonds. The second-order valence-electron chi connectivity index (χ2n) is 6.06. The van der Waals surface area contributed by atoms with Crippen LogP contribution >= 0.6 is 0 Å². The number of H-pyrrole nitrogens is 1. The molecule has 1 aliphatic rings. The zero-order valence-electron chi connectivity index (χ0n) is 13.9. The van der Waals surface area contributed by atoms with E-state index in [0.717, 1.165) is 25.0 Å². The van der Waals surface area contributed by atoms with Gasteiger partial charge in [0, 0.05) is 18.1 Å². The van der Waals surface area contributed by atoms with Gasteiger partial charge in [-0.1, -0.05) is 0 Å². The lowest BCUT2D eigenvalue weighted by atomic mass is 9.76. The summed E-state index contributed by atoms with van der Waals surface area (Å²) in [5.74, 6) is 0.702. The smallest absolute Gasteiger partial charge is 0.422 e. The second-order valence-corrected chi connectivity index (χ2v) is 6.06. The van der Waals surface area contributed by atoms with Crippen LogP contribution in [0.25, 0.3) is 0 Å². The Morgan fingerprint density at radius 2 is 2.15 bits per heavy atom.